The van der Waals surface area contributed by atoms with Gasteiger partial charge in [-0.2, -0.15) is 0 Å². The molecule has 8 nitrogen and oxygen atoms in total. The van der Waals surface area contributed by atoms with Crippen molar-refractivity contribution >= 4 is 45.4 Å². The van der Waals surface area contributed by atoms with Gasteiger partial charge in [0, 0.05) is 22.8 Å². The van der Waals surface area contributed by atoms with Crippen LogP contribution in [-0.2, 0) is 6.54 Å². The summed E-state index contributed by atoms with van der Waals surface area (Å²) in [5.74, 6) is 1.12. The fourth-order valence-corrected chi connectivity index (χ4v) is 3.07. The molecule has 28 heavy (non-hydrogen) atoms. The molecular weight excluding hydrogens is 376 g/mol. The van der Waals surface area contributed by atoms with Gasteiger partial charge >= 0.3 is 0 Å². The Labute approximate surface area is 164 Å². The molecule has 9 heteroatoms. The molecule has 0 aliphatic heterocycles. The molecule has 1 N–H and O–H groups in total. The lowest BCUT2D eigenvalue weighted by molar-refractivity contribution is 0.664. The minimum absolute atomic E-state index is 0.475. The Morgan fingerprint density at radius 1 is 0.964 bits per heavy atom. The largest absolute Gasteiger partial charge is 0.324 e. The lowest BCUT2D eigenvalue weighted by atomic mass is 10.1. The average Bonchev–Trinajstić information content (AvgIpc) is 3.10. The molecule has 136 valence electrons. The number of nitrogens with zero attached hydrogens (tertiary/aromatic N) is 7. The van der Waals surface area contributed by atoms with Gasteiger partial charge in [0.25, 0.3) is 0 Å². The Morgan fingerprint density at radius 2 is 1.93 bits per heavy atom. The highest BCUT2D eigenvalue weighted by molar-refractivity contribution is 6.30. The highest BCUT2D eigenvalue weighted by Crippen LogP contribution is 2.19. The van der Waals surface area contributed by atoms with Crippen molar-refractivity contribution in [2.24, 2.45) is 0 Å². The van der Waals surface area contributed by atoms with Crippen LogP contribution in [0.15, 0.2) is 61.1 Å². The average molecular weight is 389 g/mol. The molecule has 0 amide bonds. The summed E-state index contributed by atoms with van der Waals surface area (Å²) >= 11 is 6.00. The van der Waals surface area contributed by atoms with Gasteiger partial charge in [-0.25, -0.2) is 19.6 Å². The molecule has 0 aliphatic carbocycles. The fraction of sp³-hybridized carbons (Fsp3) is 0.0526. The maximum absolute atomic E-state index is 6.00. The number of anilines is 2. The van der Waals surface area contributed by atoms with Gasteiger partial charge in [0.05, 0.1) is 18.3 Å². The van der Waals surface area contributed by atoms with Gasteiger partial charge in [0.1, 0.15) is 5.82 Å². The SMILES string of the molecule is Clc1ccnc(Nc2cnc3nnn(Cc4ccc5cccnc5c4)c3n2)c1. The number of aromatic nitrogens is 7. The van der Waals surface area contributed by atoms with Crippen LogP contribution in [0.3, 0.4) is 0 Å². The minimum Gasteiger partial charge on any atom is -0.324 e. The summed E-state index contributed by atoms with van der Waals surface area (Å²) in [5, 5.41) is 13.1. The first-order valence-corrected chi connectivity index (χ1v) is 8.91. The van der Waals surface area contributed by atoms with Crippen molar-refractivity contribution in [1.29, 1.82) is 0 Å². The number of halogens is 1. The van der Waals surface area contributed by atoms with Gasteiger partial charge in [-0.3, -0.25) is 4.98 Å². The third-order valence-electron chi connectivity index (χ3n) is 4.21. The predicted molar refractivity (Wildman–Crippen MR) is 106 cm³/mol. The van der Waals surface area contributed by atoms with Gasteiger partial charge in [-0.05, 0) is 29.8 Å². The van der Waals surface area contributed by atoms with E-state index in [0.717, 1.165) is 16.5 Å². The number of fused-ring (bicyclic) bond motifs is 2. The lowest BCUT2D eigenvalue weighted by Crippen LogP contribution is -2.04. The molecule has 4 heterocycles. The molecular formula is C19H13ClN8. The minimum atomic E-state index is 0.475. The van der Waals surface area contributed by atoms with Crippen LogP contribution < -0.4 is 5.32 Å². The second-order valence-electron chi connectivity index (χ2n) is 6.16. The molecule has 0 radical (unpaired) electrons. The highest BCUT2D eigenvalue weighted by atomic mass is 35.5. The Bertz CT molecular complexity index is 1300. The number of hydrogen-bond acceptors (Lipinski definition) is 7. The molecule has 0 saturated carbocycles. The first kappa shape index (κ1) is 16.5. The quantitative estimate of drug-likeness (QED) is 0.502. The first-order chi connectivity index (χ1) is 13.7. The zero-order valence-corrected chi connectivity index (χ0v) is 15.2. The summed E-state index contributed by atoms with van der Waals surface area (Å²) < 4.78 is 1.71. The maximum atomic E-state index is 6.00. The molecule has 0 saturated heterocycles. The molecule has 1 aromatic carbocycles. The van der Waals surface area contributed by atoms with E-state index in [4.69, 9.17) is 11.6 Å². The van der Waals surface area contributed by atoms with Crippen LogP contribution in [0.4, 0.5) is 11.6 Å². The van der Waals surface area contributed by atoms with Gasteiger partial charge in [-0.15, -0.1) is 5.10 Å². The van der Waals surface area contributed by atoms with Crippen LogP contribution in [0.2, 0.25) is 5.02 Å². The van der Waals surface area contributed by atoms with Crippen LogP contribution in [0.25, 0.3) is 22.2 Å². The lowest BCUT2D eigenvalue weighted by Gasteiger charge is -2.06. The topological polar surface area (TPSA) is 94.3 Å². The Morgan fingerprint density at radius 3 is 2.86 bits per heavy atom. The first-order valence-electron chi connectivity index (χ1n) is 8.53. The van der Waals surface area contributed by atoms with Gasteiger partial charge in [0.15, 0.2) is 11.5 Å². The third-order valence-corrected chi connectivity index (χ3v) is 4.44. The van der Waals surface area contributed by atoms with Crippen molar-refractivity contribution in [2.45, 2.75) is 6.54 Å². The Kier molecular flexibility index (Phi) is 4.02. The summed E-state index contributed by atoms with van der Waals surface area (Å²) in [6, 6.07) is 13.5. The van der Waals surface area contributed by atoms with E-state index in [2.05, 4.69) is 35.6 Å². The monoisotopic (exact) mass is 388 g/mol. The molecule has 0 atom stereocenters. The summed E-state index contributed by atoms with van der Waals surface area (Å²) in [6.45, 7) is 0.510. The van der Waals surface area contributed by atoms with Crippen molar-refractivity contribution in [1.82, 2.24) is 34.9 Å². The molecule has 0 bridgehead atoms. The molecule has 5 rings (SSSR count). The van der Waals surface area contributed by atoms with Gasteiger partial charge < -0.3 is 5.32 Å². The summed E-state index contributed by atoms with van der Waals surface area (Å²) in [6.07, 6.45) is 4.99. The van der Waals surface area contributed by atoms with Crippen molar-refractivity contribution in [3.8, 4) is 0 Å². The molecule has 4 aromatic heterocycles. The van der Waals surface area contributed by atoms with E-state index in [1.54, 1.807) is 35.4 Å². The number of hydrogen-bond donors (Lipinski definition) is 1. The standard InChI is InChI=1S/C19H13ClN8/c20-14-5-7-22-16(9-14)24-17-10-23-18-19(25-17)28(27-26-18)11-12-3-4-13-2-1-6-21-15(13)8-12/h1-10H,11H2,(H,22,24,25). The molecule has 0 fully saturated rings. The van der Waals surface area contributed by atoms with Crippen LogP contribution in [0.1, 0.15) is 5.56 Å². The molecule has 5 aromatic rings. The normalized spacial score (nSPS) is 11.2. The predicted octanol–water partition coefficient (Wildman–Crippen LogP) is 3.61. The van der Waals surface area contributed by atoms with Crippen LogP contribution in [-0.4, -0.2) is 34.9 Å². The van der Waals surface area contributed by atoms with E-state index in [-0.39, 0.29) is 0 Å². The van der Waals surface area contributed by atoms with Crippen LogP contribution >= 0.6 is 11.6 Å². The van der Waals surface area contributed by atoms with E-state index in [1.807, 2.05) is 30.3 Å². The second kappa shape index (κ2) is 6.82. The zero-order valence-electron chi connectivity index (χ0n) is 14.5. The number of rotatable bonds is 4. The number of nitrogens with one attached hydrogen (secondary N) is 1. The number of benzene rings is 1. The van der Waals surface area contributed by atoms with Crippen molar-refractivity contribution in [3.05, 3.63) is 71.6 Å². The van der Waals surface area contributed by atoms with Crippen molar-refractivity contribution in [3.63, 3.8) is 0 Å². The van der Waals surface area contributed by atoms with Gasteiger partial charge in [0.2, 0.25) is 5.65 Å². The third kappa shape index (κ3) is 3.21. The van der Waals surface area contributed by atoms with Crippen molar-refractivity contribution in [2.75, 3.05) is 5.32 Å². The molecule has 0 spiro atoms. The summed E-state index contributed by atoms with van der Waals surface area (Å²) in [5.41, 5.74) is 3.04. The fourth-order valence-electron chi connectivity index (χ4n) is 2.91. The van der Waals surface area contributed by atoms with Crippen LogP contribution in [0.5, 0.6) is 0 Å². The Hall–Kier alpha value is -3.65. The van der Waals surface area contributed by atoms with E-state index in [9.17, 15) is 0 Å². The maximum Gasteiger partial charge on any atom is 0.221 e. The van der Waals surface area contributed by atoms with Crippen molar-refractivity contribution < 1.29 is 0 Å². The van der Waals surface area contributed by atoms with E-state index >= 15 is 0 Å². The Balaban J connectivity index is 1.47. The summed E-state index contributed by atoms with van der Waals surface area (Å²) in [7, 11) is 0. The van der Waals surface area contributed by atoms with E-state index in [1.165, 1.54) is 0 Å². The number of pyridine rings is 2. The zero-order chi connectivity index (χ0) is 18.9. The van der Waals surface area contributed by atoms with Gasteiger partial charge in [-0.1, -0.05) is 35.0 Å². The summed E-state index contributed by atoms with van der Waals surface area (Å²) in [4.78, 5) is 17.5. The van der Waals surface area contributed by atoms with Crippen LogP contribution in [0, 0.1) is 0 Å². The molecule has 0 unspecified atom stereocenters. The van der Waals surface area contributed by atoms with E-state index in [0.29, 0.717) is 34.5 Å². The second-order valence-corrected chi connectivity index (χ2v) is 6.60. The molecule has 0 aliphatic rings. The highest BCUT2D eigenvalue weighted by Gasteiger charge is 2.10. The smallest absolute Gasteiger partial charge is 0.221 e. The van der Waals surface area contributed by atoms with E-state index < -0.39 is 0 Å².